The zero-order chi connectivity index (χ0) is 15.5. The molecule has 0 radical (unpaired) electrons. The van der Waals surface area contributed by atoms with Crippen molar-refractivity contribution >= 4 is 23.4 Å². The first-order chi connectivity index (χ1) is 9.87. The van der Waals surface area contributed by atoms with Crippen LogP contribution < -0.4 is 5.32 Å². The number of hydrogen-bond acceptors (Lipinski definition) is 6. The van der Waals surface area contributed by atoms with Crippen molar-refractivity contribution in [1.29, 1.82) is 0 Å². The molecule has 2 rings (SSSR count). The molecule has 0 saturated heterocycles. The number of aromatic nitrogens is 6. The average molecular weight is 330 g/mol. The topological polar surface area (TPSA) is 73.5 Å². The number of rotatable bonds is 6. The predicted molar refractivity (Wildman–Crippen MR) is 83.4 cm³/mol. The van der Waals surface area contributed by atoms with Gasteiger partial charge in [-0.15, -0.1) is 5.10 Å². The van der Waals surface area contributed by atoms with Gasteiger partial charge in [-0.25, -0.2) is 9.67 Å². The van der Waals surface area contributed by atoms with Crippen molar-refractivity contribution < 1.29 is 0 Å². The second-order valence-corrected chi connectivity index (χ2v) is 7.04. The minimum atomic E-state index is 0.0883. The second kappa shape index (κ2) is 6.76. The van der Waals surface area contributed by atoms with Crippen molar-refractivity contribution in [3.63, 3.8) is 0 Å². The summed E-state index contributed by atoms with van der Waals surface area (Å²) in [6.07, 6.45) is 1.65. The number of imidazole rings is 1. The van der Waals surface area contributed by atoms with Gasteiger partial charge in [-0.2, -0.15) is 0 Å². The molecule has 0 aromatic carbocycles. The summed E-state index contributed by atoms with van der Waals surface area (Å²) < 4.78 is 3.65. The Labute approximate surface area is 133 Å². The van der Waals surface area contributed by atoms with E-state index in [2.05, 4.69) is 46.6 Å². The van der Waals surface area contributed by atoms with Crippen LogP contribution in [-0.4, -0.2) is 41.8 Å². The van der Waals surface area contributed by atoms with Crippen molar-refractivity contribution in [3.8, 4) is 0 Å². The predicted octanol–water partition coefficient (Wildman–Crippen LogP) is 1.74. The van der Waals surface area contributed by atoms with E-state index in [1.807, 2.05) is 11.6 Å². The second-order valence-electron chi connectivity index (χ2n) is 5.71. The van der Waals surface area contributed by atoms with Crippen molar-refractivity contribution in [2.45, 2.75) is 43.8 Å². The van der Waals surface area contributed by atoms with Crippen molar-refractivity contribution in [3.05, 3.63) is 17.2 Å². The molecule has 2 aromatic heterocycles. The van der Waals surface area contributed by atoms with E-state index in [0.717, 1.165) is 24.1 Å². The lowest BCUT2D eigenvalue weighted by molar-refractivity contribution is 0.396. The fraction of sp³-hybridized carbons (Fsp3) is 0.667. The summed E-state index contributed by atoms with van der Waals surface area (Å²) >= 11 is 7.52. The van der Waals surface area contributed by atoms with Gasteiger partial charge in [0.15, 0.2) is 0 Å². The molecule has 0 aliphatic carbocycles. The van der Waals surface area contributed by atoms with Crippen LogP contribution >= 0.6 is 23.4 Å². The SMILES string of the molecule is Cn1c(Cl)cnc1CSc1nnnn1CCNC(C)(C)C. The van der Waals surface area contributed by atoms with E-state index in [-0.39, 0.29) is 5.54 Å². The third-order valence-corrected chi connectivity index (χ3v) is 4.14. The van der Waals surface area contributed by atoms with E-state index in [1.165, 1.54) is 0 Å². The quantitative estimate of drug-likeness (QED) is 0.814. The third-order valence-electron chi connectivity index (χ3n) is 2.84. The van der Waals surface area contributed by atoms with Crippen molar-refractivity contribution in [2.75, 3.05) is 6.54 Å². The Kier molecular flexibility index (Phi) is 5.23. The highest BCUT2D eigenvalue weighted by molar-refractivity contribution is 7.98. The average Bonchev–Trinajstić information content (AvgIpc) is 2.95. The Bertz CT molecular complexity index is 587. The first-order valence-electron chi connectivity index (χ1n) is 6.67. The molecule has 2 aromatic rings. The molecule has 1 N–H and O–H groups in total. The minimum absolute atomic E-state index is 0.0883. The monoisotopic (exact) mass is 329 g/mol. The van der Waals surface area contributed by atoms with Gasteiger partial charge in [-0.3, -0.25) is 0 Å². The van der Waals surface area contributed by atoms with Gasteiger partial charge in [-0.1, -0.05) is 23.4 Å². The summed E-state index contributed by atoms with van der Waals surface area (Å²) in [5.74, 6) is 1.57. The third kappa shape index (κ3) is 4.69. The zero-order valence-corrected chi connectivity index (χ0v) is 14.2. The number of thioether (sulfide) groups is 1. The molecule has 0 amide bonds. The summed E-state index contributed by atoms with van der Waals surface area (Å²) in [6.45, 7) is 7.94. The van der Waals surface area contributed by atoms with Gasteiger partial charge < -0.3 is 9.88 Å². The fourth-order valence-electron chi connectivity index (χ4n) is 1.66. The standard InChI is InChI=1S/C12H20ClN7S/c1-12(2,3)15-5-6-20-11(16-17-18-20)21-8-10-14-7-9(13)19(10)4/h7,15H,5-6,8H2,1-4H3. The Morgan fingerprint density at radius 2 is 2.14 bits per heavy atom. The number of nitrogens with one attached hydrogen (secondary N) is 1. The van der Waals surface area contributed by atoms with Gasteiger partial charge in [0.05, 0.1) is 18.5 Å². The largest absolute Gasteiger partial charge is 0.322 e. The summed E-state index contributed by atoms with van der Waals surface area (Å²) in [5.41, 5.74) is 0.0883. The number of hydrogen-bond donors (Lipinski definition) is 1. The maximum absolute atomic E-state index is 5.97. The minimum Gasteiger partial charge on any atom is -0.322 e. The fourth-order valence-corrected chi connectivity index (χ4v) is 2.71. The van der Waals surface area contributed by atoms with Gasteiger partial charge in [0.25, 0.3) is 0 Å². The molecule has 116 valence electrons. The van der Waals surface area contributed by atoms with E-state index in [1.54, 1.807) is 22.6 Å². The molecular weight excluding hydrogens is 310 g/mol. The lowest BCUT2D eigenvalue weighted by atomic mass is 10.1. The smallest absolute Gasteiger partial charge is 0.209 e. The Morgan fingerprint density at radius 3 is 2.76 bits per heavy atom. The molecule has 2 heterocycles. The molecule has 0 spiro atoms. The highest BCUT2D eigenvalue weighted by Crippen LogP contribution is 2.20. The molecule has 0 fully saturated rings. The number of halogens is 1. The van der Waals surface area contributed by atoms with Crippen molar-refractivity contribution in [1.82, 2.24) is 35.1 Å². The van der Waals surface area contributed by atoms with Crippen LogP contribution in [0.5, 0.6) is 0 Å². The van der Waals surface area contributed by atoms with Crippen LogP contribution in [-0.2, 0) is 19.3 Å². The van der Waals surface area contributed by atoms with Crippen LogP contribution in [0.25, 0.3) is 0 Å². The Balaban J connectivity index is 1.90. The molecule has 7 nitrogen and oxygen atoms in total. The first kappa shape index (κ1) is 16.3. The van der Waals surface area contributed by atoms with Crippen LogP contribution in [0.15, 0.2) is 11.4 Å². The summed E-state index contributed by atoms with van der Waals surface area (Å²) in [6, 6.07) is 0. The lowest BCUT2D eigenvalue weighted by Gasteiger charge is -2.20. The van der Waals surface area contributed by atoms with E-state index >= 15 is 0 Å². The highest BCUT2D eigenvalue weighted by atomic mass is 35.5. The highest BCUT2D eigenvalue weighted by Gasteiger charge is 2.12. The maximum atomic E-state index is 5.97. The van der Waals surface area contributed by atoms with E-state index < -0.39 is 0 Å². The Hall–Kier alpha value is -1.12. The maximum Gasteiger partial charge on any atom is 0.209 e. The van der Waals surface area contributed by atoms with Crippen LogP contribution in [0.1, 0.15) is 26.6 Å². The van der Waals surface area contributed by atoms with Crippen LogP contribution in [0.3, 0.4) is 0 Å². The Morgan fingerprint density at radius 1 is 1.38 bits per heavy atom. The van der Waals surface area contributed by atoms with Gasteiger partial charge in [0.2, 0.25) is 5.16 Å². The number of tetrazole rings is 1. The van der Waals surface area contributed by atoms with E-state index in [0.29, 0.717) is 10.9 Å². The molecule has 0 aliphatic rings. The number of nitrogens with zero attached hydrogens (tertiary/aromatic N) is 6. The van der Waals surface area contributed by atoms with Gasteiger partial charge >= 0.3 is 0 Å². The molecular formula is C12H20ClN7S. The van der Waals surface area contributed by atoms with Crippen LogP contribution in [0.4, 0.5) is 0 Å². The molecule has 9 heteroatoms. The van der Waals surface area contributed by atoms with Gasteiger partial charge in [-0.05, 0) is 31.2 Å². The van der Waals surface area contributed by atoms with Gasteiger partial charge in [0, 0.05) is 19.1 Å². The van der Waals surface area contributed by atoms with Crippen molar-refractivity contribution in [2.24, 2.45) is 7.05 Å². The van der Waals surface area contributed by atoms with E-state index in [4.69, 9.17) is 11.6 Å². The summed E-state index contributed by atoms with van der Waals surface area (Å²) in [4.78, 5) is 4.26. The molecule has 0 aliphatic heterocycles. The first-order valence-corrected chi connectivity index (χ1v) is 8.03. The van der Waals surface area contributed by atoms with Crippen LogP contribution in [0, 0.1) is 0 Å². The molecule has 21 heavy (non-hydrogen) atoms. The van der Waals surface area contributed by atoms with Gasteiger partial charge in [0.1, 0.15) is 11.0 Å². The molecule has 0 saturated carbocycles. The normalized spacial score (nSPS) is 12.0. The lowest BCUT2D eigenvalue weighted by Crippen LogP contribution is -2.38. The zero-order valence-electron chi connectivity index (χ0n) is 12.7. The van der Waals surface area contributed by atoms with E-state index in [9.17, 15) is 0 Å². The molecule has 0 atom stereocenters. The molecule has 0 bridgehead atoms. The molecule has 0 unspecified atom stereocenters. The van der Waals surface area contributed by atoms with Crippen LogP contribution in [0.2, 0.25) is 5.15 Å². The summed E-state index contributed by atoms with van der Waals surface area (Å²) in [5, 5.41) is 16.6. The summed E-state index contributed by atoms with van der Waals surface area (Å²) in [7, 11) is 1.89.